The Morgan fingerprint density at radius 3 is 2.92 bits per heavy atom. The lowest BCUT2D eigenvalue weighted by Gasteiger charge is -1.99. The molecular weight excluding hydrogens is 173 g/mol. The molecule has 0 aliphatic rings. The number of aromatic nitrogens is 1. The minimum Gasteiger partial charge on any atom is -0.354 e. The Bertz CT molecular complexity index is 383. The highest BCUT2D eigenvalue weighted by atomic mass is 19.1. The molecule has 0 saturated heterocycles. The summed E-state index contributed by atoms with van der Waals surface area (Å²) in [6.07, 6.45) is 1.15. The Labute approximate surface area is 74.0 Å². The monoisotopic (exact) mass is 179 g/mol. The maximum atomic E-state index is 13.0. The van der Waals surface area contributed by atoms with Gasteiger partial charge in [0.15, 0.2) is 11.5 Å². The van der Waals surface area contributed by atoms with Gasteiger partial charge in [0.05, 0.1) is 5.56 Å². The third-order valence-electron chi connectivity index (χ3n) is 1.41. The van der Waals surface area contributed by atoms with Crippen molar-refractivity contribution in [2.45, 2.75) is 0 Å². The molecule has 0 aliphatic carbocycles. The first kappa shape index (κ1) is 9.13. The summed E-state index contributed by atoms with van der Waals surface area (Å²) in [7, 11) is 1.38. The van der Waals surface area contributed by atoms with Crippen molar-refractivity contribution in [3.63, 3.8) is 0 Å². The van der Waals surface area contributed by atoms with Crippen molar-refractivity contribution >= 4 is 5.91 Å². The lowest BCUT2D eigenvalue weighted by atomic mass is 10.2. The van der Waals surface area contributed by atoms with Gasteiger partial charge in [0.2, 0.25) is 0 Å². The molecule has 0 radical (unpaired) electrons. The van der Waals surface area contributed by atoms with E-state index < -0.39 is 11.7 Å². The molecule has 0 aromatic carbocycles. The molecule has 1 N–H and O–H groups in total. The summed E-state index contributed by atoms with van der Waals surface area (Å²) in [4.78, 5) is 14.4. The highest BCUT2D eigenvalue weighted by Crippen LogP contribution is 2.05. The molecule has 1 heterocycles. The van der Waals surface area contributed by atoms with Crippen molar-refractivity contribution in [2.75, 3.05) is 7.05 Å². The van der Waals surface area contributed by atoms with Crippen LogP contribution in [0.4, 0.5) is 4.39 Å². The van der Waals surface area contributed by atoms with Crippen molar-refractivity contribution in [1.82, 2.24) is 10.3 Å². The van der Waals surface area contributed by atoms with Gasteiger partial charge < -0.3 is 5.32 Å². The summed E-state index contributed by atoms with van der Waals surface area (Å²) >= 11 is 0. The number of nitriles is 1. The van der Waals surface area contributed by atoms with Crippen molar-refractivity contribution < 1.29 is 9.18 Å². The summed E-state index contributed by atoms with van der Waals surface area (Å²) < 4.78 is 13.0. The van der Waals surface area contributed by atoms with Crippen LogP contribution in [0.15, 0.2) is 12.3 Å². The largest absolute Gasteiger partial charge is 0.354 e. The van der Waals surface area contributed by atoms with E-state index in [1.807, 2.05) is 0 Å². The normalized spacial score (nSPS) is 9.00. The molecule has 0 unspecified atom stereocenters. The second kappa shape index (κ2) is 3.63. The van der Waals surface area contributed by atoms with Crippen molar-refractivity contribution in [3.8, 4) is 6.07 Å². The number of rotatable bonds is 1. The van der Waals surface area contributed by atoms with Gasteiger partial charge in [0, 0.05) is 13.2 Å². The van der Waals surface area contributed by atoms with Gasteiger partial charge in [-0.1, -0.05) is 0 Å². The summed E-state index contributed by atoms with van der Waals surface area (Å²) in [6, 6.07) is 2.69. The second-order valence-corrected chi connectivity index (χ2v) is 2.25. The molecule has 0 fully saturated rings. The van der Waals surface area contributed by atoms with Crippen molar-refractivity contribution in [1.29, 1.82) is 5.26 Å². The number of carbonyl (C=O) groups excluding carboxylic acids is 1. The maximum Gasteiger partial charge on any atom is 0.272 e. The number of carbonyl (C=O) groups is 1. The van der Waals surface area contributed by atoms with Gasteiger partial charge >= 0.3 is 0 Å². The summed E-state index contributed by atoms with van der Waals surface area (Å²) in [5.41, 5.74) is -0.216. The Hall–Kier alpha value is -1.96. The van der Waals surface area contributed by atoms with Crippen molar-refractivity contribution in [3.05, 3.63) is 29.3 Å². The fourth-order valence-corrected chi connectivity index (χ4v) is 0.785. The zero-order valence-corrected chi connectivity index (χ0v) is 6.84. The van der Waals surface area contributed by atoms with Crippen LogP contribution in [0, 0.1) is 17.1 Å². The fourth-order valence-electron chi connectivity index (χ4n) is 0.785. The molecule has 1 aromatic heterocycles. The van der Waals surface area contributed by atoms with E-state index in [2.05, 4.69) is 10.3 Å². The predicted molar refractivity (Wildman–Crippen MR) is 42.3 cm³/mol. The minimum atomic E-state index is -0.793. The lowest BCUT2D eigenvalue weighted by Crippen LogP contribution is -2.20. The smallest absolute Gasteiger partial charge is 0.272 e. The number of halogens is 1. The van der Waals surface area contributed by atoms with E-state index in [0.717, 1.165) is 12.3 Å². The van der Waals surface area contributed by atoms with Crippen LogP contribution in [0.3, 0.4) is 0 Å². The van der Waals surface area contributed by atoms with Crippen LogP contribution >= 0.6 is 0 Å². The van der Waals surface area contributed by atoms with Crippen LogP contribution < -0.4 is 5.32 Å². The fraction of sp³-hybridized carbons (Fsp3) is 0.125. The molecule has 5 heteroatoms. The van der Waals surface area contributed by atoms with Crippen molar-refractivity contribution in [2.24, 2.45) is 0 Å². The van der Waals surface area contributed by atoms with E-state index in [0.29, 0.717) is 0 Å². The quantitative estimate of drug-likeness (QED) is 0.680. The minimum absolute atomic E-state index is 0.0881. The number of nitrogens with zero attached hydrogens (tertiary/aromatic N) is 2. The molecule has 0 bridgehead atoms. The van der Waals surface area contributed by atoms with Crippen LogP contribution in [0.25, 0.3) is 0 Å². The first-order valence-corrected chi connectivity index (χ1v) is 3.46. The van der Waals surface area contributed by atoms with Gasteiger partial charge in [-0.2, -0.15) is 5.26 Å². The highest BCUT2D eigenvalue weighted by molar-refractivity contribution is 5.92. The Kier molecular flexibility index (Phi) is 2.55. The van der Waals surface area contributed by atoms with E-state index in [1.54, 1.807) is 6.07 Å². The van der Waals surface area contributed by atoms with Crippen LogP contribution in [0.1, 0.15) is 16.1 Å². The van der Waals surface area contributed by atoms with E-state index in [-0.39, 0.29) is 11.3 Å². The van der Waals surface area contributed by atoms with Gasteiger partial charge in [0.1, 0.15) is 6.07 Å². The van der Waals surface area contributed by atoms with Crippen LogP contribution in [0.5, 0.6) is 0 Å². The molecular formula is C8H6FN3O. The van der Waals surface area contributed by atoms with E-state index in [9.17, 15) is 9.18 Å². The van der Waals surface area contributed by atoms with Gasteiger partial charge in [-0.3, -0.25) is 4.79 Å². The SMILES string of the molecule is CNC(=O)c1ncc(C#N)cc1F. The average molecular weight is 179 g/mol. The number of amides is 1. The summed E-state index contributed by atoms with van der Waals surface area (Å²) in [6.45, 7) is 0. The maximum absolute atomic E-state index is 13.0. The molecule has 0 spiro atoms. The number of hydrogen-bond acceptors (Lipinski definition) is 3. The topological polar surface area (TPSA) is 65.8 Å². The number of pyridine rings is 1. The van der Waals surface area contributed by atoms with Crippen LogP contribution in [-0.4, -0.2) is 17.9 Å². The third kappa shape index (κ3) is 1.79. The summed E-state index contributed by atoms with van der Waals surface area (Å²) in [5, 5.41) is 10.6. The zero-order chi connectivity index (χ0) is 9.84. The molecule has 1 amide bonds. The Morgan fingerprint density at radius 1 is 1.77 bits per heavy atom. The van der Waals surface area contributed by atoms with E-state index in [4.69, 9.17) is 5.26 Å². The molecule has 0 aliphatic heterocycles. The molecule has 66 valence electrons. The van der Waals surface area contributed by atoms with Gasteiger partial charge in [-0.05, 0) is 6.07 Å². The standard InChI is InChI=1S/C8H6FN3O/c1-11-8(13)7-6(9)2-5(3-10)4-12-7/h2,4H,1H3,(H,11,13). The predicted octanol–water partition coefficient (Wildman–Crippen LogP) is 0.452. The number of nitrogens with one attached hydrogen (secondary N) is 1. The van der Waals surface area contributed by atoms with Gasteiger partial charge in [-0.25, -0.2) is 9.37 Å². The molecule has 1 rings (SSSR count). The Morgan fingerprint density at radius 2 is 2.46 bits per heavy atom. The Balaban J connectivity index is 3.14. The summed E-state index contributed by atoms with van der Waals surface area (Å²) in [5.74, 6) is -1.40. The highest BCUT2D eigenvalue weighted by Gasteiger charge is 2.11. The molecule has 13 heavy (non-hydrogen) atoms. The second-order valence-electron chi connectivity index (χ2n) is 2.25. The first-order chi connectivity index (χ1) is 6.19. The lowest BCUT2D eigenvalue weighted by molar-refractivity contribution is 0.0953. The van der Waals surface area contributed by atoms with Crippen LogP contribution in [-0.2, 0) is 0 Å². The average Bonchev–Trinajstić information content (AvgIpc) is 2.16. The third-order valence-corrected chi connectivity index (χ3v) is 1.41. The molecule has 1 aromatic rings. The molecule has 0 saturated carbocycles. The van der Waals surface area contributed by atoms with E-state index >= 15 is 0 Å². The van der Waals surface area contributed by atoms with E-state index in [1.165, 1.54) is 7.05 Å². The first-order valence-electron chi connectivity index (χ1n) is 3.46. The molecule has 4 nitrogen and oxygen atoms in total. The molecule has 0 atom stereocenters. The van der Waals surface area contributed by atoms with Gasteiger partial charge in [-0.15, -0.1) is 0 Å². The van der Waals surface area contributed by atoms with Gasteiger partial charge in [0.25, 0.3) is 5.91 Å². The van der Waals surface area contributed by atoms with Crippen LogP contribution in [0.2, 0.25) is 0 Å². The zero-order valence-electron chi connectivity index (χ0n) is 6.84. The number of hydrogen-bond donors (Lipinski definition) is 1.